The standard InChI is InChI=1S/C27H22F3N7O4/c1-36-12-21(34-25(38)18-11-33-37-8-2-7-32-24(18)37)23(35-36)17-9-15(4-6-22(17)41-26(29)30)40-16-3-5-20(28)19(10-16)27(39)13-31-14-27/h2-12,26,31,39H,13-14H2,1H3,(H,34,38). The van der Waals surface area contributed by atoms with Crippen LogP contribution in [0.1, 0.15) is 15.9 Å². The Labute approximate surface area is 230 Å². The molecule has 0 atom stereocenters. The van der Waals surface area contributed by atoms with Crippen molar-refractivity contribution in [3.8, 4) is 28.5 Å². The summed E-state index contributed by atoms with van der Waals surface area (Å²) in [6.45, 7) is -2.75. The second kappa shape index (κ2) is 10.2. The summed E-state index contributed by atoms with van der Waals surface area (Å²) >= 11 is 0. The highest BCUT2D eigenvalue weighted by atomic mass is 19.3. The monoisotopic (exact) mass is 565 g/mol. The number of benzene rings is 2. The van der Waals surface area contributed by atoms with E-state index in [0.29, 0.717) is 5.65 Å². The molecule has 1 fully saturated rings. The van der Waals surface area contributed by atoms with Gasteiger partial charge in [-0.05, 0) is 42.5 Å². The van der Waals surface area contributed by atoms with Gasteiger partial charge in [0.05, 0.1) is 17.4 Å². The number of aromatic nitrogens is 5. The van der Waals surface area contributed by atoms with Crippen LogP contribution in [0.3, 0.4) is 0 Å². The van der Waals surface area contributed by atoms with Crippen molar-refractivity contribution >= 4 is 17.2 Å². The second-order valence-electron chi connectivity index (χ2n) is 9.38. The zero-order chi connectivity index (χ0) is 28.7. The van der Waals surface area contributed by atoms with E-state index in [9.17, 15) is 23.1 Å². The average Bonchev–Trinajstić information content (AvgIpc) is 3.52. The van der Waals surface area contributed by atoms with Gasteiger partial charge in [-0.1, -0.05) is 0 Å². The smallest absolute Gasteiger partial charge is 0.387 e. The Morgan fingerprint density at radius 2 is 1.98 bits per heavy atom. The van der Waals surface area contributed by atoms with E-state index in [1.54, 1.807) is 19.3 Å². The summed E-state index contributed by atoms with van der Waals surface area (Å²) in [6, 6.07) is 9.70. The van der Waals surface area contributed by atoms with Crippen LogP contribution in [0.25, 0.3) is 16.9 Å². The maximum absolute atomic E-state index is 14.4. The minimum atomic E-state index is -3.14. The van der Waals surface area contributed by atoms with Gasteiger partial charge in [-0.3, -0.25) is 9.48 Å². The topological polar surface area (TPSA) is 128 Å². The number of fused-ring (bicyclic) bond motifs is 1. The van der Waals surface area contributed by atoms with Crippen LogP contribution in [0.2, 0.25) is 0 Å². The van der Waals surface area contributed by atoms with Crippen LogP contribution in [0.5, 0.6) is 17.2 Å². The first-order chi connectivity index (χ1) is 19.7. The largest absolute Gasteiger partial charge is 0.457 e. The number of aryl methyl sites for hydroxylation is 1. The molecule has 0 radical (unpaired) electrons. The normalized spacial score (nSPS) is 14.2. The zero-order valence-corrected chi connectivity index (χ0v) is 21.4. The van der Waals surface area contributed by atoms with Crippen molar-refractivity contribution in [3.63, 3.8) is 0 Å². The Bertz CT molecular complexity index is 1770. The van der Waals surface area contributed by atoms with Crippen LogP contribution < -0.4 is 20.1 Å². The van der Waals surface area contributed by atoms with Gasteiger partial charge in [0.25, 0.3) is 5.91 Å². The number of carbonyl (C=O) groups is 1. The number of carbonyl (C=O) groups excluding carboxylic acids is 1. The molecule has 1 aliphatic heterocycles. The first kappa shape index (κ1) is 26.3. The average molecular weight is 566 g/mol. The molecule has 2 aromatic carbocycles. The highest BCUT2D eigenvalue weighted by Crippen LogP contribution is 2.39. The summed E-state index contributed by atoms with van der Waals surface area (Å²) in [6.07, 6.45) is 6.03. The molecule has 0 spiro atoms. The van der Waals surface area contributed by atoms with Crippen molar-refractivity contribution in [2.24, 2.45) is 7.05 Å². The lowest BCUT2D eigenvalue weighted by Crippen LogP contribution is -2.57. The molecule has 1 amide bonds. The second-order valence-corrected chi connectivity index (χ2v) is 9.38. The fourth-order valence-electron chi connectivity index (χ4n) is 4.53. The predicted octanol–water partition coefficient (Wildman–Crippen LogP) is 3.71. The first-order valence-corrected chi connectivity index (χ1v) is 12.3. The number of anilines is 1. The Morgan fingerprint density at radius 1 is 1.20 bits per heavy atom. The van der Waals surface area contributed by atoms with Crippen LogP contribution >= 0.6 is 0 Å². The molecular formula is C27H22F3N7O4. The molecule has 14 heteroatoms. The first-order valence-electron chi connectivity index (χ1n) is 12.3. The lowest BCUT2D eigenvalue weighted by Gasteiger charge is -2.38. The van der Waals surface area contributed by atoms with Crippen LogP contribution in [0.4, 0.5) is 18.9 Å². The minimum Gasteiger partial charge on any atom is -0.457 e. The number of halogens is 3. The molecule has 1 saturated heterocycles. The van der Waals surface area contributed by atoms with Gasteiger partial charge in [0.15, 0.2) is 5.65 Å². The number of aliphatic hydroxyl groups is 1. The number of hydrogen-bond acceptors (Lipinski definition) is 8. The third-order valence-electron chi connectivity index (χ3n) is 6.53. The third kappa shape index (κ3) is 5.05. The number of ether oxygens (including phenoxy) is 2. The predicted molar refractivity (Wildman–Crippen MR) is 139 cm³/mol. The van der Waals surface area contributed by atoms with E-state index >= 15 is 0 Å². The third-order valence-corrected chi connectivity index (χ3v) is 6.53. The lowest BCUT2D eigenvalue weighted by molar-refractivity contribution is -0.0495. The molecule has 0 aliphatic carbocycles. The van der Waals surface area contributed by atoms with Crippen molar-refractivity contribution in [3.05, 3.63) is 84.2 Å². The molecule has 11 nitrogen and oxygen atoms in total. The van der Waals surface area contributed by atoms with Crippen molar-refractivity contribution in [2.45, 2.75) is 12.2 Å². The molecule has 4 heterocycles. The summed E-state index contributed by atoms with van der Waals surface area (Å²) in [5.41, 5.74) is -0.343. The SMILES string of the molecule is Cn1cc(NC(=O)c2cnn3cccnc23)c(-c2cc(Oc3ccc(F)c(C4(O)CNC4)c3)ccc2OC(F)F)n1. The molecule has 0 bridgehead atoms. The minimum absolute atomic E-state index is 0.0727. The van der Waals surface area contributed by atoms with E-state index in [1.165, 1.54) is 64.2 Å². The Hall–Kier alpha value is -4.95. The molecular weight excluding hydrogens is 543 g/mol. The van der Waals surface area contributed by atoms with Crippen molar-refractivity contribution < 1.29 is 32.5 Å². The van der Waals surface area contributed by atoms with Gasteiger partial charge in [-0.15, -0.1) is 0 Å². The van der Waals surface area contributed by atoms with Crippen molar-refractivity contribution in [1.29, 1.82) is 0 Å². The number of β-amino-alcohol motifs (C(OH)–C–C–N with tert-alkyl or cyclic N) is 1. The quantitative estimate of drug-likeness (QED) is 0.260. The van der Waals surface area contributed by atoms with Gasteiger partial charge in [0, 0.05) is 44.3 Å². The van der Waals surface area contributed by atoms with E-state index in [1.807, 2.05) is 0 Å². The van der Waals surface area contributed by atoms with Gasteiger partial charge in [0.2, 0.25) is 0 Å². The molecule has 5 aromatic rings. The molecule has 0 saturated carbocycles. The number of amides is 1. The van der Waals surface area contributed by atoms with E-state index in [2.05, 4.69) is 25.8 Å². The summed E-state index contributed by atoms with van der Waals surface area (Å²) in [4.78, 5) is 17.3. The lowest BCUT2D eigenvalue weighted by atomic mass is 9.88. The van der Waals surface area contributed by atoms with Gasteiger partial charge < -0.3 is 25.2 Å². The molecule has 1 aliphatic rings. The number of rotatable bonds is 8. The number of hydrogen-bond donors (Lipinski definition) is 3. The van der Waals surface area contributed by atoms with Crippen molar-refractivity contribution in [1.82, 2.24) is 29.7 Å². The molecule has 3 N–H and O–H groups in total. The Balaban J connectivity index is 1.35. The van der Waals surface area contributed by atoms with E-state index in [-0.39, 0.29) is 58.4 Å². The summed E-state index contributed by atoms with van der Waals surface area (Å²) in [5.74, 6) is -0.941. The van der Waals surface area contributed by atoms with Crippen LogP contribution in [0, 0.1) is 5.82 Å². The van der Waals surface area contributed by atoms with Gasteiger partial charge >= 0.3 is 6.61 Å². The molecule has 3 aromatic heterocycles. The maximum Gasteiger partial charge on any atom is 0.387 e. The molecule has 41 heavy (non-hydrogen) atoms. The van der Waals surface area contributed by atoms with Crippen LogP contribution in [0.15, 0.2) is 67.3 Å². The number of alkyl halides is 2. The zero-order valence-electron chi connectivity index (χ0n) is 21.4. The molecule has 6 rings (SSSR count). The highest BCUT2D eigenvalue weighted by molar-refractivity contribution is 6.09. The summed E-state index contributed by atoms with van der Waals surface area (Å²) in [7, 11) is 1.60. The summed E-state index contributed by atoms with van der Waals surface area (Å²) in [5, 5.41) is 24.7. The molecule has 210 valence electrons. The van der Waals surface area contributed by atoms with E-state index < -0.39 is 23.9 Å². The maximum atomic E-state index is 14.4. The molecule has 0 unspecified atom stereocenters. The van der Waals surface area contributed by atoms with E-state index in [0.717, 1.165) is 0 Å². The van der Waals surface area contributed by atoms with Gasteiger partial charge in [-0.25, -0.2) is 13.9 Å². The van der Waals surface area contributed by atoms with E-state index in [4.69, 9.17) is 9.47 Å². The fraction of sp³-hybridized carbons (Fsp3) is 0.185. The number of nitrogens with zero attached hydrogens (tertiary/aromatic N) is 5. The Kier molecular flexibility index (Phi) is 6.55. The highest BCUT2D eigenvalue weighted by Gasteiger charge is 2.38. The fourth-order valence-corrected chi connectivity index (χ4v) is 4.53. The Morgan fingerprint density at radius 3 is 2.73 bits per heavy atom. The number of nitrogens with one attached hydrogen (secondary N) is 2. The van der Waals surface area contributed by atoms with Gasteiger partial charge in [0.1, 0.15) is 39.9 Å². The van der Waals surface area contributed by atoms with Crippen molar-refractivity contribution in [2.75, 3.05) is 18.4 Å². The van der Waals surface area contributed by atoms with Crippen LogP contribution in [-0.2, 0) is 12.6 Å². The van der Waals surface area contributed by atoms with Gasteiger partial charge in [-0.2, -0.15) is 19.0 Å². The van der Waals surface area contributed by atoms with Crippen LogP contribution in [-0.4, -0.2) is 55.1 Å². The summed E-state index contributed by atoms with van der Waals surface area (Å²) < 4.78 is 54.6.